The lowest BCUT2D eigenvalue weighted by Gasteiger charge is -2.20. The Bertz CT molecular complexity index is 96.5. The minimum absolute atomic E-state index is 0.216. The van der Waals surface area contributed by atoms with E-state index < -0.39 is 0 Å². The summed E-state index contributed by atoms with van der Waals surface area (Å²) >= 11 is 0. The Kier molecular flexibility index (Phi) is 7.45. The number of hydrogen-bond donors (Lipinski definition) is 1. The number of nitrogens with zero attached hydrogens (tertiary/aromatic N) is 1. The molecule has 0 fully saturated rings. The molecule has 12 heavy (non-hydrogen) atoms. The van der Waals surface area contributed by atoms with Crippen molar-refractivity contribution in [2.75, 3.05) is 33.8 Å². The normalized spacial score (nSPS) is 13.8. The Balaban J connectivity index is 3.08. The molecule has 1 N–H and O–H groups in total. The van der Waals surface area contributed by atoms with Crippen molar-refractivity contribution in [2.45, 2.75) is 26.5 Å². The summed E-state index contributed by atoms with van der Waals surface area (Å²) in [5.74, 6) is 0. The van der Waals surface area contributed by atoms with E-state index in [1.54, 1.807) is 0 Å². The van der Waals surface area contributed by atoms with Crippen molar-refractivity contribution in [3.63, 3.8) is 0 Å². The quantitative estimate of drug-likeness (QED) is 0.458. The van der Waals surface area contributed by atoms with E-state index in [0.29, 0.717) is 0 Å². The zero-order valence-corrected chi connectivity index (χ0v) is 8.76. The fourth-order valence-corrected chi connectivity index (χ4v) is 0.752. The highest BCUT2D eigenvalue weighted by atomic mass is 16.5. The number of nitrogens with one attached hydrogen (secondary N) is 1. The summed E-state index contributed by atoms with van der Waals surface area (Å²) in [6.07, 6.45) is 1.40. The molecule has 0 saturated carbocycles. The van der Waals surface area contributed by atoms with Gasteiger partial charge >= 0.3 is 0 Å². The molecular formula is C9H22N2O. The summed E-state index contributed by atoms with van der Waals surface area (Å²) in [6.45, 7) is 7.04. The molecule has 0 aromatic rings. The molecule has 1 atom stereocenters. The zero-order chi connectivity index (χ0) is 9.40. The molecule has 0 aromatic carbocycles. The van der Waals surface area contributed by atoms with Crippen molar-refractivity contribution < 1.29 is 4.74 Å². The standard InChI is InChI=1S/C9H22N2O/c1-5-6-10-7-8-12-9(2)11(3)4/h9-10H,5-8H2,1-4H3. The third-order valence-corrected chi connectivity index (χ3v) is 1.79. The Morgan fingerprint density at radius 3 is 2.50 bits per heavy atom. The third-order valence-electron chi connectivity index (χ3n) is 1.79. The summed E-state index contributed by atoms with van der Waals surface area (Å²) in [5, 5.41) is 3.29. The minimum Gasteiger partial charge on any atom is -0.362 e. The lowest BCUT2D eigenvalue weighted by Crippen LogP contribution is -2.30. The first-order chi connectivity index (χ1) is 5.68. The zero-order valence-electron chi connectivity index (χ0n) is 8.76. The van der Waals surface area contributed by atoms with Gasteiger partial charge in [0.05, 0.1) is 6.61 Å². The van der Waals surface area contributed by atoms with E-state index in [1.807, 2.05) is 14.1 Å². The Morgan fingerprint density at radius 2 is 2.00 bits per heavy atom. The van der Waals surface area contributed by atoms with Gasteiger partial charge in [-0.05, 0) is 34.0 Å². The maximum Gasteiger partial charge on any atom is 0.107 e. The molecule has 0 heterocycles. The van der Waals surface area contributed by atoms with Crippen molar-refractivity contribution in [3.8, 4) is 0 Å². The SMILES string of the molecule is CCCNCCOC(C)N(C)C. The molecule has 0 aliphatic rings. The molecule has 74 valence electrons. The van der Waals surface area contributed by atoms with E-state index in [1.165, 1.54) is 6.42 Å². The highest BCUT2D eigenvalue weighted by Crippen LogP contribution is 1.92. The van der Waals surface area contributed by atoms with Crippen LogP contribution in [0.5, 0.6) is 0 Å². The van der Waals surface area contributed by atoms with Crippen LogP contribution in [0, 0.1) is 0 Å². The molecule has 0 spiro atoms. The van der Waals surface area contributed by atoms with Gasteiger partial charge in [0.1, 0.15) is 6.23 Å². The van der Waals surface area contributed by atoms with Gasteiger partial charge in [0, 0.05) is 6.54 Å². The Labute approximate surface area is 76.1 Å². The average molecular weight is 174 g/mol. The summed E-state index contributed by atoms with van der Waals surface area (Å²) < 4.78 is 5.51. The highest BCUT2D eigenvalue weighted by Gasteiger charge is 2.02. The van der Waals surface area contributed by atoms with E-state index in [0.717, 1.165) is 19.7 Å². The molecule has 3 heteroatoms. The van der Waals surface area contributed by atoms with Gasteiger partial charge in [0.2, 0.25) is 0 Å². The lowest BCUT2D eigenvalue weighted by atomic mass is 10.5. The third kappa shape index (κ3) is 6.58. The van der Waals surface area contributed by atoms with Gasteiger partial charge < -0.3 is 10.1 Å². The summed E-state index contributed by atoms with van der Waals surface area (Å²) in [4.78, 5) is 2.06. The van der Waals surface area contributed by atoms with Gasteiger partial charge in [-0.25, -0.2) is 0 Å². The van der Waals surface area contributed by atoms with Crippen LogP contribution in [0.4, 0.5) is 0 Å². The van der Waals surface area contributed by atoms with Gasteiger partial charge in [0.25, 0.3) is 0 Å². The van der Waals surface area contributed by atoms with Crippen LogP contribution in [0.2, 0.25) is 0 Å². The second-order valence-electron chi connectivity index (χ2n) is 3.18. The molecule has 0 amide bonds. The molecule has 1 unspecified atom stereocenters. The van der Waals surface area contributed by atoms with Crippen LogP contribution in [0.1, 0.15) is 20.3 Å². The van der Waals surface area contributed by atoms with E-state index in [4.69, 9.17) is 4.74 Å². The number of hydrogen-bond acceptors (Lipinski definition) is 3. The van der Waals surface area contributed by atoms with E-state index in [9.17, 15) is 0 Å². The topological polar surface area (TPSA) is 24.5 Å². The number of ether oxygens (including phenoxy) is 1. The van der Waals surface area contributed by atoms with Crippen molar-refractivity contribution in [1.29, 1.82) is 0 Å². The molecule has 0 saturated heterocycles. The lowest BCUT2D eigenvalue weighted by molar-refractivity contribution is -0.0208. The Hall–Kier alpha value is -0.120. The van der Waals surface area contributed by atoms with Crippen LogP contribution in [0.15, 0.2) is 0 Å². The fraction of sp³-hybridized carbons (Fsp3) is 1.00. The van der Waals surface area contributed by atoms with Crippen LogP contribution in [-0.4, -0.2) is 44.9 Å². The van der Waals surface area contributed by atoms with Crippen LogP contribution >= 0.6 is 0 Å². The van der Waals surface area contributed by atoms with Crippen molar-refractivity contribution in [2.24, 2.45) is 0 Å². The van der Waals surface area contributed by atoms with Crippen molar-refractivity contribution in [3.05, 3.63) is 0 Å². The Morgan fingerprint density at radius 1 is 1.33 bits per heavy atom. The molecule has 0 bridgehead atoms. The molecule has 0 radical (unpaired) electrons. The second-order valence-corrected chi connectivity index (χ2v) is 3.18. The molecule has 3 nitrogen and oxygen atoms in total. The molecule has 0 rings (SSSR count). The first-order valence-electron chi connectivity index (χ1n) is 4.67. The monoisotopic (exact) mass is 174 g/mol. The van der Waals surface area contributed by atoms with Crippen LogP contribution < -0.4 is 5.32 Å². The second kappa shape index (κ2) is 7.53. The average Bonchev–Trinajstić information content (AvgIpc) is 2.03. The summed E-state index contributed by atoms with van der Waals surface area (Å²) in [6, 6.07) is 0. The smallest absolute Gasteiger partial charge is 0.107 e. The predicted molar refractivity (Wildman–Crippen MR) is 52.3 cm³/mol. The van der Waals surface area contributed by atoms with Gasteiger partial charge in [0.15, 0.2) is 0 Å². The molecule has 0 aliphatic carbocycles. The van der Waals surface area contributed by atoms with Crippen LogP contribution in [0.3, 0.4) is 0 Å². The van der Waals surface area contributed by atoms with E-state index in [2.05, 4.69) is 24.1 Å². The van der Waals surface area contributed by atoms with Crippen molar-refractivity contribution >= 4 is 0 Å². The van der Waals surface area contributed by atoms with Crippen molar-refractivity contribution in [1.82, 2.24) is 10.2 Å². The molecular weight excluding hydrogens is 152 g/mol. The maximum absolute atomic E-state index is 5.51. The van der Waals surface area contributed by atoms with Gasteiger partial charge in [-0.3, -0.25) is 4.90 Å². The summed E-state index contributed by atoms with van der Waals surface area (Å²) in [7, 11) is 4.04. The van der Waals surface area contributed by atoms with Gasteiger partial charge in [-0.2, -0.15) is 0 Å². The largest absolute Gasteiger partial charge is 0.362 e. The fourth-order valence-electron chi connectivity index (χ4n) is 0.752. The summed E-state index contributed by atoms with van der Waals surface area (Å²) in [5.41, 5.74) is 0. The minimum atomic E-state index is 0.216. The van der Waals surface area contributed by atoms with E-state index in [-0.39, 0.29) is 6.23 Å². The van der Waals surface area contributed by atoms with E-state index >= 15 is 0 Å². The number of rotatable bonds is 7. The maximum atomic E-state index is 5.51. The van der Waals surface area contributed by atoms with Gasteiger partial charge in [-0.15, -0.1) is 0 Å². The van der Waals surface area contributed by atoms with Crippen LogP contribution in [-0.2, 0) is 4.74 Å². The highest BCUT2D eigenvalue weighted by molar-refractivity contribution is 4.47. The molecule has 0 aliphatic heterocycles. The molecule has 0 aromatic heterocycles. The van der Waals surface area contributed by atoms with Crippen LogP contribution in [0.25, 0.3) is 0 Å². The first-order valence-corrected chi connectivity index (χ1v) is 4.67. The van der Waals surface area contributed by atoms with Gasteiger partial charge in [-0.1, -0.05) is 6.92 Å². The predicted octanol–water partition coefficient (Wildman–Crippen LogP) is 0.910. The first kappa shape index (κ1) is 11.9.